The lowest BCUT2D eigenvalue weighted by Gasteiger charge is -2.34. The van der Waals surface area contributed by atoms with Crippen LogP contribution in [0, 0.1) is 12.3 Å². The van der Waals surface area contributed by atoms with E-state index in [2.05, 4.69) is 29.5 Å². The highest BCUT2D eigenvalue weighted by Gasteiger charge is 2.42. The molecule has 0 radical (unpaired) electrons. The Bertz CT molecular complexity index is 685. The van der Waals surface area contributed by atoms with Gasteiger partial charge < -0.3 is 14.6 Å². The first-order valence-electron chi connectivity index (χ1n) is 8.53. The average Bonchev–Trinajstić information content (AvgIpc) is 3.05. The Morgan fingerprint density at radius 2 is 2.00 bits per heavy atom. The summed E-state index contributed by atoms with van der Waals surface area (Å²) < 4.78 is 10.9. The van der Waals surface area contributed by atoms with Crippen LogP contribution in [0.3, 0.4) is 0 Å². The van der Waals surface area contributed by atoms with Crippen molar-refractivity contribution in [3.05, 3.63) is 41.7 Å². The van der Waals surface area contributed by atoms with Crippen LogP contribution in [0.15, 0.2) is 34.9 Å². The summed E-state index contributed by atoms with van der Waals surface area (Å²) in [7, 11) is 0. The third-order valence-corrected chi connectivity index (χ3v) is 4.69. The Balaban J connectivity index is 1.80. The maximum atomic E-state index is 12.5. The average molecular weight is 328 g/mol. The van der Waals surface area contributed by atoms with E-state index >= 15 is 0 Å². The maximum absolute atomic E-state index is 12.5. The van der Waals surface area contributed by atoms with Crippen molar-refractivity contribution >= 4 is 5.97 Å². The normalized spacial score (nSPS) is 16.8. The van der Waals surface area contributed by atoms with E-state index < -0.39 is 5.41 Å². The second-order valence-corrected chi connectivity index (χ2v) is 6.47. The lowest BCUT2D eigenvalue weighted by atomic mass is 9.75. The summed E-state index contributed by atoms with van der Waals surface area (Å²) in [6.07, 6.45) is 2.05. The van der Waals surface area contributed by atoms with E-state index in [1.54, 1.807) is 0 Å². The summed E-state index contributed by atoms with van der Waals surface area (Å²) in [4.78, 5) is 12.5. The molecule has 0 saturated carbocycles. The summed E-state index contributed by atoms with van der Waals surface area (Å²) in [6.45, 7) is 5.93. The number of nitrogens with one attached hydrogen (secondary N) is 1. The predicted octanol–water partition coefficient (Wildman–Crippen LogP) is 3.13. The van der Waals surface area contributed by atoms with Crippen molar-refractivity contribution in [2.75, 3.05) is 19.7 Å². The van der Waals surface area contributed by atoms with Crippen molar-refractivity contribution < 1.29 is 14.1 Å². The van der Waals surface area contributed by atoms with Gasteiger partial charge in [0.05, 0.1) is 12.0 Å². The molecule has 3 rings (SSSR count). The van der Waals surface area contributed by atoms with Crippen LogP contribution in [-0.4, -0.2) is 30.8 Å². The van der Waals surface area contributed by atoms with Crippen molar-refractivity contribution in [3.63, 3.8) is 0 Å². The topological polar surface area (TPSA) is 64.4 Å². The molecule has 1 aromatic carbocycles. The molecule has 1 fully saturated rings. The molecule has 5 nitrogen and oxygen atoms in total. The summed E-state index contributed by atoms with van der Waals surface area (Å²) >= 11 is 0. The molecule has 0 unspecified atom stereocenters. The SMILES string of the molecule is CCOC(=O)C1(Cc2cc(-c3ccc(C)cc3)no2)CCNCC1. The number of hydrogen-bond acceptors (Lipinski definition) is 5. The Kier molecular flexibility index (Phi) is 5.00. The number of benzene rings is 1. The fraction of sp³-hybridized carbons (Fsp3) is 0.474. The molecule has 24 heavy (non-hydrogen) atoms. The molecule has 128 valence electrons. The van der Waals surface area contributed by atoms with Crippen LogP contribution in [0.1, 0.15) is 31.1 Å². The molecule has 0 atom stereocenters. The Hall–Kier alpha value is -2.14. The van der Waals surface area contributed by atoms with Gasteiger partial charge in [-0.15, -0.1) is 0 Å². The number of carbonyl (C=O) groups is 1. The zero-order valence-electron chi connectivity index (χ0n) is 14.3. The molecule has 1 aliphatic heterocycles. The first-order chi connectivity index (χ1) is 11.6. The molecule has 0 aliphatic carbocycles. The highest BCUT2D eigenvalue weighted by atomic mass is 16.5. The molecule has 0 bridgehead atoms. The summed E-state index contributed by atoms with van der Waals surface area (Å²) in [5.41, 5.74) is 2.52. The number of nitrogens with zero attached hydrogens (tertiary/aromatic N) is 1. The zero-order valence-corrected chi connectivity index (χ0v) is 14.3. The van der Waals surface area contributed by atoms with Gasteiger partial charge >= 0.3 is 5.97 Å². The van der Waals surface area contributed by atoms with Crippen molar-refractivity contribution in [1.82, 2.24) is 10.5 Å². The van der Waals surface area contributed by atoms with E-state index in [9.17, 15) is 4.79 Å². The van der Waals surface area contributed by atoms with E-state index in [0.29, 0.717) is 13.0 Å². The maximum Gasteiger partial charge on any atom is 0.312 e. The van der Waals surface area contributed by atoms with E-state index in [1.807, 2.05) is 25.1 Å². The summed E-state index contributed by atoms with van der Waals surface area (Å²) in [5.74, 6) is 0.611. The van der Waals surface area contributed by atoms with E-state index in [0.717, 1.165) is 42.9 Å². The van der Waals surface area contributed by atoms with Gasteiger partial charge in [0.1, 0.15) is 11.5 Å². The Labute approximate surface area is 142 Å². The number of carbonyl (C=O) groups excluding carboxylic acids is 1. The number of rotatable bonds is 5. The minimum absolute atomic E-state index is 0.125. The molecule has 1 N–H and O–H groups in total. The molecular weight excluding hydrogens is 304 g/mol. The second-order valence-electron chi connectivity index (χ2n) is 6.47. The van der Waals surface area contributed by atoms with Gasteiger partial charge in [0.2, 0.25) is 0 Å². The zero-order chi connectivity index (χ0) is 17.0. The van der Waals surface area contributed by atoms with E-state index in [1.165, 1.54) is 5.56 Å². The van der Waals surface area contributed by atoms with Crippen molar-refractivity contribution in [2.24, 2.45) is 5.41 Å². The smallest absolute Gasteiger partial charge is 0.312 e. The highest BCUT2D eigenvalue weighted by Crippen LogP contribution is 2.35. The molecule has 1 saturated heterocycles. The van der Waals surface area contributed by atoms with Crippen LogP contribution in [0.25, 0.3) is 11.3 Å². The number of piperidine rings is 1. The monoisotopic (exact) mass is 328 g/mol. The van der Waals surface area contributed by atoms with Gasteiger partial charge in [-0.3, -0.25) is 4.79 Å². The Morgan fingerprint density at radius 1 is 1.29 bits per heavy atom. The third-order valence-electron chi connectivity index (χ3n) is 4.69. The van der Waals surface area contributed by atoms with Crippen LogP contribution in [0.5, 0.6) is 0 Å². The minimum atomic E-state index is -0.509. The van der Waals surface area contributed by atoms with Crippen LogP contribution in [-0.2, 0) is 16.0 Å². The summed E-state index contributed by atoms with van der Waals surface area (Å²) in [5, 5.41) is 7.48. The Morgan fingerprint density at radius 3 is 2.67 bits per heavy atom. The molecule has 1 aromatic heterocycles. The number of ether oxygens (including phenoxy) is 1. The molecule has 0 spiro atoms. The quantitative estimate of drug-likeness (QED) is 0.854. The van der Waals surface area contributed by atoms with Crippen LogP contribution in [0.2, 0.25) is 0 Å². The minimum Gasteiger partial charge on any atom is -0.466 e. The van der Waals surface area contributed by atoms with Gasteiger partial charge in [-0.25, -0.2) is 0 Å². The fourth-order valence-corrected chi connectivity index (χ4v) is 3.23. The van der Waals surface area contributed by atoms with Gasteiger partial charge in [0.15, 0.2) is 0 Å². The van der Waals surface area contributed by atoms with Crippen LogP contribution >= 0.6 is 0 Å². The number of esters is 1. The lowest BCUT2D eigenvalue weighted by molar-refractivity contribution is -0.157. The summed E-state index contributed by atoms with van der Waals surface area (Å²) in [6, 6.07) is 10.1. The van der Waals surface area contributed by atoms with Crippen molar-refractivity contribution in [2.45, 2.75) is 33.1 Å². The van der Waals surface area contributed by atoms with E-state index in [-0.39, 0.29) is 5.97 Å². The molecule has 2 aromatic rings. The fourth-order valence-electron chi connectivity index (χ4n) is 3.23. The van der Waals surface area contributed by atoms with E-state index in [4.69, 9.17) is 9.26 Å². The molecule has 0 amide bonds. The third kappa shape index (κ3) is 3.51. The molecule has 5 heteroatoms. The van der Waals surface area contributed by atoms with Gasteiger partial charge in [-0.2, -0.15) is 0 Å². The van der Waals surface area contributed by atoms with Gasteiger partial charge in [-0.05, 0) is 39.8 Å². The largest absolute Gasteiger partial charge is 0.466 e. The van der Waals surface area contributed by atoms with Crippen molar-refractivity contribution in [1.29, 1.82) is 0 Å². The standard InChI is InChI=1S/C19H24N2O3/c1-3-23-18(22)19(8-10-20-11-9-19)13-16-12-17(21-24-16)15-6-4-14(2)5-7-15/h4-7,12,20H,3,8-11,13H2,1-2H3. The number of hydrogen-bond donors (Lipinski definition) is 1. The molecule has 2 heterocycles. The predicted molar refractivity (Wildman–Crippen MR) is 91.5 cm³/mol. The van der Waals surface area contributed by atoms with Gasteiger partial charge in [0, 0.05) is 18.1 Å². The number of aryl methyl sites for hydroxylation is 1. The molecular formula is C19H24N2O3. The molecule has 1 aliphatic rings. The van der Waals surface area contributed by atoms with Gasteiger partial charge in [0.25, 0.3) is 0 Å². The second kappa shape index (κ2) is 7.18. The van der Waals surface area contributed by atoms with Gasteiger partial charge in [-0.1, -0.05) is 35.0 Å². The first kappa shape index (κ1) is 16.7. The van der Waals surface area contributed by atoms with Crippen LogP contribution < -0.4 is 5.32 Å². The highest BCUT2D eigenvalue weighted by molar-refractivity contribution is 5.77. The number of aromatic nitrogens is 1. The lowest BCUT2D eigenvalue weighted by Crippen LogP contribution is -2.44. The van der Waals surface area contributed by atoms with Crippen LogP contribution in [0.4, 0.5) is 0 Å². The first-order valence-corrected chi connectivity index (χ1v) is 8.53. The van der Waals surface area contributed by atoms with Crippen molar-refractivity contribution in [3.8, 4) is 11.3 Å².